The number of likely N-dealkylation sites (N-methyl/N-ethyl adjacent to an activating group) is 1. The Morgan fingerprint density at radius 3 is 2.55 bits per heavy atom. The quantitative estimate of drug-likeness (QED) is 0.585. The summed E-state index contributed by atoms with van der Waals surface area (Å²) in [5.41, 5.74) is 0. The number of hydrogen-bond acceptors (Lipinski definition) is 3. The lowest BCUT2D eigenvalue weighted by Crippen LogP contribution is -2.28. The minimum absolute atomic E-state index is 0.0344. The van der Waals surface area contributed by atoms with Gasteiger partial charge in [-0.05, 0) is 20.4 Å². The summed E-state index contributed by atoms with van der Waals surface area (Å²) in [6.07, 6.45) is 0.260. The van der Waals surface area contributed by atoms with Gasteiger partial charge in [-0.1, -0.05) is 0 Å². The number of nitrogens with zero attached hydrogens (tertiary/aromatic N) is 1. The lowest BCUT2D eigenvalue weighted by Gasteiger charge is -2.14. The van der Waals surface area contributed by atoms with Crippen LogP contribution in [0.2, 0.25) is 0 Å². The first-order chi connectivity index (χ1) is 5.02. The third kappa shape index (κ3) is 7.29. The van der Waals surface area contributed by atoms with E-state index in [-0.39, 0.29) is 12.6 Å². The van der Waals surface area contributed by atoms with Crippen LogP contribution in [0.25, 0.3) is 0 Å². The molecule has 0 aliphatic heterocycles. The van der Waals surface area contributed by atoms with Gasteiger partial charge in [0.25, 0.3) is 0 Å². The molecule has 66 valence electrons. The molecule has 0 bridgehead atoms. The van der Waals surface area contributed by atoms with E-state index in [1.165, 1.54) is 0 Å². The van der Waals surface area contributed by atoms with Gasteiger partial charge in [0.2, 0.25) is 0 Å². The van der Waals surface area contributed by atoms with Crippen molar-refractivity contribution in [3.63, 3.8) is 0 Å². The average molecular weight is 161 g/mol. The van der Waals surface area contributed by atoms with Gasteiger partial charge in [-0.3, -0.25) is 9.69 Å². The molecule has 0 aliphatic rings. The first kappa shape index (κ1) is 10.4. The van der Waals surface area contributed by atoms with Crippen molar-refractivity contribution >= 4 is 5.97 Å². The third-order valence-electron chi connectivity index (χ3n) is 1.33. The summed E-state index contributed by atoms with van der Waals surface area (Å²) < 4.78 is 0. The highest BCUT2D eigenvalue weighted by atomic mass is 16.4. The van der Waals surface area contributed by atoms with Gasteiger partial charge in [0, 0.05) is 6.54 Å². The molecule has 2 N–H and O–H groups in total. The van der Waals surface area contributed by atoms with E-state index in [2.05, 4.69) is 0 Å². The van der Waals surface area contributed by atoms with E-state index in [1.54, 1.807) is 18.9 Å². The van der Waals surface area contributed by atoms with Crippen molar-refractivity contribution in [1.82, 2.24) is 4.90 Å². The highest BCUT2D eigenvalue weighted by Gasteiger charge is 2.04. The minimum atomic E-state index is -0.835. The third-order valence-corrected chi connectivity index (χ3v) is 1.33. The lowest BCUT2D eigenvalue weighted by atomic mass is 10.3. The Hall–Kier alpha value is -0.610. The Morgan fingerprint density at radius 1 is 1.64 bits per heavy atom. The molecule has 0 rings (SSSR count). The summed E-state index contributed by atoms with van der Waals surface area (Å²) in [5, 5.41) is 17.2. The van der Waals surface area contributed by atoms with Crippen molar-refractivity contribution in [2.75, 3.05) is 20.1 Å². The second-order valence-corrected chi connectivity index (χ2v) is 2.77. The van der Waals surface area contributed by atoms with Crippen LogP contribution < -0.4 is 0 Å². The fourth-order valence-corrected chi connectivity index (χ4v) is 0.717. The Kier molecular flexibility index (Phi) is 4.81. The molecule has 11 heavy (non-hydrogen) atoms. The second-order valence-electron chi connectivity index (χ2n) is 2.77. The van der Waals surface area contributed by atoms with E-state index < -0.39 is 5.97 Å². The number of aliphatic carboxylic acids is 1. The maximum atomic E-state index is 10.2. The molecule has 0 aliphatic carbocycles. The largest absolute Gasteiger partial charge is 0.480 e. The summed E-state index contributed by atoms with van der Waals surface area (Å²) in [4.78, 5) is 11.8. The molecule has 0 saturated heterocycles. The zero-order valence-corrected chi connectivity index (χ0v) is 6.95. The molecule has 0 saturated carbocycles. The number of hydrogen-bond donors (Lipinski definition) is 2. The van der Waals surface area contributed by atoms with E-state index in [1.807, 2.05) is 0 Å². The van der Waals surface area contributed by atoms with Gasteiger partial charge in [0.15, 0.2) is 0 Å². The maximum absolute atomic E-state index is 10.2. The van der Waals surface area contributed by atoms with Crippen molar-refractivity contribution in [1.29, 1.82) is 0 Å². The predicted molar refractivity (Wildman–Crippen MR) is 41.4 cm³/mol. The van der Waals surface area contributed by atoms with E-state index in [4.69, 9.17) is 10.2 Å². The molecule has 4 heteroatoms. The van der Waals surface area contributed by atoms with Crippen LogP contribution in [0.4, 0.5) is 0 Å². The molecule has 0 spiro atoms. The van der Waals surface area contributed by atoms with Gasteiger partial charge < -0.3 is 10.2 Å². The van der Waals surface area contributed by atoms with Crippen molar-refractivity contribution < 1.29 is 15.0 Å². The van der Waals surface area contributed by atoms with Gasteiger partial charge in [0.1, 0.15) is 0 Å². The Bertz CT molecular complexity index is 125. The molecule has 1 unspecified atom stereocenters. The van der Waals surface area contributed by atoms with Crippen LogP contribution in [-0.2, 0) is 4.79 Å². The first-order valence-corrected chi connectivity index (χ1v) is 3.60. The number of aliphatic hydroxyl groups excluding tert-OH is 1. The molecule has 0 aromatic rings. The van der Waals surface area contributed by atoms with E-state index >= 15 is 0 Å². The molecular weight excluding hydrogens is 146 g/mol. The van der Waals surface area contributed by atoms with Gasteiger partial charge in [-0.15, -0.1) is 0 Å². The molecule has 0 amide bonds. The summed E-state index contributed by atoms with van der Waals surface area (Å²) in [7, 11) is 1.72. The molecule has 0 radical (unpaired) electrons. The van der Waals surface area contributed by atoms with Crippen LogP contribution >= 0.6 is 0 Å². The van der Waals surface area contributed by atoms with Gasteiger partial charge >= 0.3 is 5.97 Å². The second kappa shape index (κ2) is 5.09. The van der Waals surface area contributed by atoms with E-state index in [0.717, 1.165) is 0 Å². The maximum Gasteiger partial charge on any atom is 0.317 e. The highest BCUT2D eigenvalue weighted by Crippen LogP contribution is 1.92. The fourth-order valence-electron chi connectivity index (χ4n) is 0.717. The summed E-state index contributed by atoms with van der Waals surface area (Å²) in [6, 6.07) is 0. The lowest BCUT2D eigenvalue weighted by molar-refractivity contribution is -0.138. The normalized spacial score (nSPS) is 13.5. The van der Waals surface area contributed by atoms with E-state index in [0.29, 0.717) is 13.0 Å². The molecule has 1 atom stereocenters. The summed E-state index contributed by atoms with van der Waals surface area (Å²) in [6.45, 7) is 2.34. The Balaban J connectivity index is 3.37. The number of carbonyl (C=O) groups is 1. The summed E-state index contributed by atoms with van der Waals surface area (Å²) in [5.74, 6) is -0.835. The van der Waals surface area contributed by atoms with Crippen LogP contribution in [0.1, 0.15) is 13.3 Å². The van der Waals surface area contributed by atoms with Crippen LogP contribution in [0.15, 0.2) is 0 Å². The molecule has 0 fully saturated rings. The molecule has 0 heterocycles. The van der Waals surface area contributed by atoms with Gasteiger partial charge in [-0.25, -0.2) is 0 Å². The number of aliphatic hydroxyl groups is 1. The van der Waals surface area contributed by atoms with E-state index in [9.17, 15) is 4.79 Å². The van der Waals surface area contributed by atoms with Crippen molar-refractivity contribution in [3.8, 4) is 0 Å². The van der Waals surface area contributed by atoms with Crippen molar-refractivity contribution in [3.05, 3.63) is 0 Å². The average Bonchev–Trinajstić information content (AvgIpc) is 1.82. The zero-order chi connectivity index (χ0) is 8.85. The minimum Gasteiger partial charge on any atom is -0.480 e. The topological polar surface area (TPSA) is 60.8 Å². The van der Waals surface area contributed by atoms with Crippen LogP contribution in [0, 0.1) is 0 Å². The first-order valence-electron chi connectivity index (χ1n) is 3.60. The van der Waals surface area contributed by atoms with Crippen LogP contribution in [0.3, 0.4) is 0 Å². The van der Waals surface area contributed by atoms with Crippen molar-refractivity contribution in [2.24, 2.45) is 0 Å². The fraction of sp³-hybridized carbons (Fsp3) is 0.857. The number of carboxylic acid groups (broad SMARTS) is 1. The van der Waals surface area contributed by atoms with Gasteiger partial charge in [0.05, 0.1) is 12.6 Å². The van der Waals surface area contributed by atoms with Gasteiger partial charge in [-0.2, -0.15) is 0 Å². The smallest absolute Gasteiger partial charge is 0.317 e. The van der Waals surface area contributed by atoms with Crippen LogP contribution in [-0.4, -0.2) is 47.3 Å². The molecular formula is C7H15NO3. The van der Waals surface area contributed by atoms with Crippen molar-refractivity contribution in [2.45, 2.75) is 19.4 Å². The summed E-state index contributed by atoms with van der Waals surface area (Å²) >= 11 is 0. The zero-order valence-electron chi connectivity index (χ0n) is 6.95. The predicted octanol–water partition coefficient (Wildman–Crippen LogP) is -0.226. The molecule has 4 nitrogen and oxygen atoms in total. The molecule has 0 aromatic heterocycles. The van der Waals surface area contributed by atoms with Crippen LogP contribution in [0.5, 0.6) is 0 Å². The number of rotatable bonds is 5. The highest BCUT2D eigenvalue weighted by molar-refractivity contribution is 5.68. The Morgan fingerprint density at radius 2 is 2.18 bits per heavy atom. The standard InChI is InChI=1S/C7H15NO3/c1-6(9)3-4-8(2)5-7(10)11/h6,9H,3-5H2,1-2H3,(H,10,11). The molecule has 0 aromatic carbocycles. The number of carboxylic acids is 1. The monoisotopic (exact) mass is 161 g/mol. The Labute approximate surface area is 66.4 Å². The SMILES string of the molecule is CC(O)CCN(C)CC(=O)O.